The molecular weight excluding hydrogens is 437 g/mol. The van der Waals surface area contributed by atoms with Crippen LogP contribution in [0.15, 0.2) is 30.3 Å². The lowest BCUT2D eigenvalue weighted by molar-refractivity contribution is -0.137. The number of urea groups is 1. The topological polar surface area (TPSA) is 70.7 Å². The highest BCUT2D eigenvalue weighted by Crippen LogP contribution is 2.37. The Morgan fingerprint density at radius 3 is 2.39 bits per heavy atom. The van der Waals surface area contributed by atoms with Crippen molar-refractivity contribution in [1.29, 1.82) is 0 Å². The summed E-state index contributed by atoms with van der Waals surface area (Å²) in [5, 5.41) is 7.50. The first-order valence-electron chi connectivity index (χ1n) is 11.1. The fourth-order valence-electron chi connectivity index (χ4n) is 4.53. The molecule has 0 saturated carbocycles. The van der Waals surface area contributed by atoms with Gasteiger partial charge in [0.15, 0.2) is 0 Å². The molecule has 0 aliphatic carbocycles. The molecule has 1 aromatic carbocycles. The number of piperidine rings is 1. The van der Waals surface area contributed by atoms with E-state index in [0.717, 1.165) is 29.1 Å². The molecule has 33 heavy (non-hydrogen) atoms. The molecule has 4 rings (SSSR count). The van der Waals surface area contributed by atoms with Gasteiger partial charge in [0.25, 0.3) is 0 Å². The number of aromatic nitrogens is 2. The van der Waals surface area contributed by atoms with Crippen molar-refractivity contribution in [2.45, 2.75) is 37.0 Å². The number of amides is 2. The Hall–Kier alpha value is -2.59. The maximum absolute atomic E-state index is 13.1. The minimum Gasteiger partial charge on any atom is -0.384 e. The van der Waals surface area contributed by atoms with Gasteiger partial charge in [-0.25, -0.2) is 4.79 Å². The predicted molar refractivity (Wildman–Crippen MR) is 115 cm³/mol. The van der Waals surface area contributed by atoms with Crippen molar-refractivity contribution in [1.82, 2.24) is 20.0 Å². The first-order valence-corrected chi connectivity index (χ1v) is 11.1. The van der Waals surface area contributed by atoms with Crippen LogP contribution in [0.2, 0.25) is 0 Å². The number of nitrogens with zero attached hydrogens (tertiary/aromatic N) is 3. The average molecular weight is 467 g/mol. The molecule has 2 aliphatic heterocycles. The molecule has 2 atom stereocenters. The van der Waals surface area contributed by atoms with E-state index in [2.05, 4.69) is 10.2 Å². The normalized spacial score (nSPS) is 21.8. The second-order valence-electron chi connectivity index (χ2n) is 8.76. The van der Waals surface area contributed by atoms with Crippen LogP contribution in [0.1, 0.15) is 40.8 Å². The highest BCUT2D eigenvalue weighted by atomic mass is 19.4. The monoisotopic (exact) mass is 466 g/mol. The zero-order valence-electron chi connectivity index (χ0n) is 18.8. The van der Waals surface area contributed by atoms with Gasteiger partial charge in [-0.1, -0.05) is 12.1 Å². The number of alkyl halides is 3. The number of hydrogen-bond donors (Lipinski definition) is 1. The highest BCUT2D eigenvalue weighted by molar-refractivity contribution is 5.76. The zero-order chi connectivity index (χ0) is 23.6. The minimum atomic E-state index is -4.38. The van der Waals surface area contributed by atoms with Crippen LogP contribution in [-0.2, 0) is 22.1 Å². The van der Waals surface area contributed by atoms with Gasteiger partial charge in [-0.2, -0.15) is 18.3 Å². The fraction of sp³-hybridized carbons (Fsp3) is 0.565. The van der Waals surface area contributed by atoms with E-state index in [0.29, 0.717) is 45.6 Å². The number of methoxy groups -OCH3 is 2. The molecule has 7 nitrogen and oxygen atoms in total. The molecule has 3 heterocycles. The van der Waals surface area contributed by atoms with E-state index < -0.39 is 11.7 Å². The maximum atomic E-state index is 13.1. The number of hydrogen-bond acceptors (Lipinski definition) is 4. The first kappa shape index (κ1) is 23.6. The average Bonchev–Trinajstić information content (AvgIpc) is 3.25. The molecule has 2 aromatic rings. The van der Waals surface area contributed by atoms with Crippen LogP contribution in [0.3, 0.4) is 0 Å². The summed E-state index contributed by atoms with van der Waals surface area (Å²) in [6, 6.07) is 7.20. The molecule has 0 spiro atoms. The van der Waals surface area contributed by atoms with Gasteiger partial charge in [0.05, 0.1) is 37.1 Å². The summed E-state index contributed by atoms with van der Waals surface area (Å²) in [4.78, 5) is 16.7. The lowest BCUT2D eigenvalue weighted by Gasteiger charge is -2.44. The molecule has 0 bridgehead atoms. The van der Waals surface area contributed by atoms with E-state index in [1.165, 1.54) is 12.1 Å². The number of ether oxygens (including phenoxy) is 2. The summed E-state index contributed by atoms with van der Waals surface area (Å²) in [7, 11) is 3.27. The van der Waals surface area contributed by atoms with Gasteiger partial charge >= 0.3 is 12.2 Å². The summed E-state index contributed by atoms with van der Waals surface area (Å²) in [5.41, 5.74) is 1.92. The van der Waals surface area contributed by atoms with Crippen molar-refractivity contribution in [2.24, 2.45) is 0 Å². The molecule has 2 saturated heterocycles. The van der Waals surface area contributed by atoms with E-state index in [1.54, 1.807) is 24.0 Å². The van der Waals surface area contributed by atoms with Crippen LogP contribution in [0.5, 0.6) is 0 Å². The molecule has 1 N–H and O–H groups in total. The van der Waals surface area contributed by atoms with Crippen molar-refractivity contribution in [2.75, 3.05) is 47.0 Å². The molecule has 10 heteroatoms. The Bertz CT molecular complexity index is 941. The molecule has 180 valence electrons. The lowest BCUT2D eigenvalue weighted by Crippen LogP contribution is -2.59. The standard InChI is InChI=1S/C23H29F3N4O3/c1-32-8-7-19-10-21(28-27-19)17-9-16(15-3-5-18(6-4-15)23(24,25)26)11-29(12-17)22(31)30-13-20(14-30)33-2/h3-6,10,16-17,20H,7-9,11-14H2,1-2H3,(H,27,28). The zero-order valence-corrected chi connectivity index (χ0v) is 18.8. The molecular formula is C23H29F3N4O3. The van der Waals surface area contributed by atoms with Gasteiger partial charge in [0.2, 0.25) is 0 Å². The number of rotatable bonds is 6. The molecule has 0 radical (unpaired) electrons. The summed E-state index contributed by atoms with van der Waals surface area (Å²) >= 11 is 0. The van der Waals surface area contributed by atoms with E-state index in [4.69, 9.17) is 9.47 Å². The number of aromatic amines is 1. The number of halogens is 3. The Morgan fingerprint density at radius 1 is 1.09 bits per heavy atom. The number of nitrogens with one attached hydrogen (secondary N) is 1. The van der Waals surface area contributed by atoms with Crippen LogP contribution in [0.25, 0.3) is 0 Å². The Balaban J connectivity index is 1.54. The third kappa shape index (κ3) is 5.33. The number of carbonyl (C=O) groups is 1. The molecule has 2 aliphatic rings. The van der Waals surface area contributed by atoms with Crippen molar-refractivity contribution in [3.63, 3.8) is 0 Å². The van der Waals surface area contributed by atoms with Crippen molar-refractivity contribution >= 4 is 6.03 Å². The van der Waals surface area contributed by atoms with E-state index in [1.807, 2.05) is 6.07 Å². The highest BCUT2D eigenvalue weighted by Gasteiger charge is 2.39. The van der Waals surface area contributed by atoms with Gasteiger partial charge in [-0.05, 0) is 30.2 Å². The lowest BCUT2D eigenvalue weighted by atomic mass is 9.82. The summed E-state index contributed by atoms with van der Waals surface area (Å²) in [5.74, 6) is -0.115. The van der Waals surface area contributed by atoms with Crippen molar-refractivity contribution in [3.05, 3.63) is 52.8 Å². The molecule has 1 aromatic heterocycles. The fourth-order valence-corrected chi connectivity index (χ4v) is 4.53. The summed E-state index contributed by atoms with van der Waals surface area (Å²) in [6.07, 6.45) is -2.92. The van der Waals surface area contributed by atoms with Crippen LogP contribution < -0.4 is 0 Å². The van der Waals surface area contributed by atoms with Gasteiger partial charge in [-0.3, -0.25) is 5.10 Å². The summed E-state index contributed by atoms with van der Waals surface area (Å²) < 4.78 is 49.4. The van der Waals surface area contributed by atoms with Crippen LogP contribution in [-0.4, -0.2) is 79.1 Å². The van der Waals surface area contributed by atoms with E-state index in [-0.39, 0.29) is 24.0 Å². The van der Waals surface area contributed by atoms with Crippen LogP contribution in [0, 0.1) is 0 Å². The quantitative estimate of drug-likeness (QED) is 0.706. The van der Waals surface area contributed by atoms with Crippen LogP contribution >= 0.6 is 0 Å². The molecule has 2 fully saturated rings. The Labute approximate surface area is 190 Å². The number of carbonyl (C=O) groups excluding carboxylic acids is 1. The van der Waals surface area contributed by atoms with Crippen LogP contribution in [0.4, 0.5) is 18.0 Å². The van der Waals surface area contributed by atoms with Gasteiger partial charge in [0, 0.05) is 51.3 Å². The Morgan fingerprint density at radius 2 is 1.76 bits per heavy atom. The van der Waals surface area contributed by atoms with Crippen molar-refractivity contribution < 1.29 is 27.4 Å². The van der Waals surface area contributed by atoms with E-state index >= 15 is 0 Å². The van der Waals surface area contributed by atoms with Gasteiger partial charge < -0.3 is 19.3 Å². The Kier molecular flexibility index (Phi) is 6.94. The van der Waals surface area contributed by atoms with Gasteiger partial charge in [0.1, 0.15) is 0 Å². The second-order valence-corrected chi connectivity index (χ2v) is 8.76. The van der Waals surface area contributed by atoms with Gasteiger partial charge in [-0.15, -0.1) is 0 Å². The SMILES string of the molecule is COCCc1cc(C2CC(c3ccc(C(F)(F)F)cc3)CN(C(=O)N3CC(OC)C3)C2)n[nH]1. The second kappa shape index (κ2) is 9.72. The molecule has 2 unspecified atom stereocenters. The minimum absolute atomic E-state index is 0.0259. The number of H-pyrrole nitrogens is 1. The third-order valence-corrected chi connectivity index (χ3v) is 6.53. The number of likely N-dealkylation sites (tertiary alicyclic amines) is 2. The smallest absolute Gasteiger partial charge is 0.384 e. The predicted octanol–water partition coefficient (Wildman–Crippen LogP) is 3.64. The third-order valence-electron chi connectivity index (χ3n) is 6.53. The largest absolute Gasteiger partial charge is 0.416 e. The van der Waals surface area contributed by atoms with E-state index in [9.17, 15) is 18.0 Å². The molecule has 2 amide bonds. The maximum Gasteiger partial charge on any atom is 0.416 e. The first-order chi connectivity index (χ1) is 15.8. The number of benzene rings is 1. The summed E-state index contributed by atoms with van der Waals surface area (Å²) in [6.45, 7) is 2.63. The van der Waals surface area contributed by atoms with Crippen molar-refractivity contribution in [3.8, 4) is 0 Å².